The number of likely N-dealkylation sites (tertiary alicyclic amines) is 1. The number of carbonyl (C=O) groups is 1. The minimum Gasteiger partial charge on any atom is -0.339 e. The fourth-order valence-corrected chi connectivity index (χ4v) is 5.66. The Morgan fingerprint density at radius 1 is 1.04 bits per heavy atom. The van der Waals surface area contributed by atoms with Crippen molar-refractivity contribution >= 4 is 22.6 Å². The highest BCUT2D eigenvalue weighted by Crippen LogP contribution is 2.40. The van der Waals surface area contributed by atoms with Crippen molar-refractivity contribution in [1.29, 1.82) is 0 Å². The summed E-state index contributed by atoms with van der Waals surface area (Å²) in [6.45, 7) is 0.982. The molecule has 0 spiro atoms. The van der Waals surface area contributed by atoms with Crippen LogP contribution in [0.15, 0.2) is 36.4 Å². The van der Waals surface area contributed by atoms with Crippen LogP contribution in [0.1, 0.15) is 44.1 Å². The highest BCUT2D eigenvalue weighted by Gasteiger charge is 2.38. The molecule has 1 aromatic carbocycles. The second-order valence-electron chi connectivity index (χ2n) is 7.10. The summed E-state index contributed by atoms with van der Waals surface area (Å²) in [6.07, 6.45) is 9.97. The molecule has 3 unspecified atom stereocenters. The van der Waals surface area contributed by atoms with Gasteiger partial charge in [0.1, 0.15) is 0 Å². The van der Waals surface area contributed by atoms with Gasteiger partial charge in [-0.25, -0.2) is 0 Å². The third-order valence-corrected chi connectivity index (χ3v) is 6.88. The molecule has 122 valence electrons. The zero-order chi connectivity index (χ0) is 15.6. The molecule has 1 saturated heterocycles. The molecule has 2 aliphatic heterocycles. The van der Waals surface area contributed by atoms with Crippen LogP contribution < -0.4 is 0 Å². The van der Waals surface area contributed by atoms with Crippen molar-refractivity contribution in [2.45, 2.75) is 44.6 Å². The molecule has 3 atom stereocenters. The molecule has 4 rings (SSSR count). The summed E-state index contributed by atoms with van der Waals surface area (Å²) in [4.78, 5) is 16.6. The molecule has 0 radical (unpaired) electrons. The van der Waals surface area contributed by atoms with E-state index < -0.39 is 0 Å². The molecule has 2 heterocycles. The third kappa shape index (κ3) is 3.08. The number of fused-ring (bicyclic) bond motifs is 1. The number of amides is 1. The summed E-state index contributed by atoms with van der Waals surface area (Å²) in [7, 11) is 0. The molecule has 0 aromatic heterocycles. The summed E-state index contributed by atoms with van der Waals surface area (Å²) in [5.74, 6) is 2.15. The van der Waals surface area contributed by atoms with Gasteiger partial charge in [-0.2, -0.15) is 0 Å². The maximum absolute atomic E-state index is 13.1. The molecular formula is C20H25NOS. The second kappa shape index (κ2) is 6.72. The molecule has 3 aliphatic rings. The highest BCUT2D eigenvalue weighted by atomic mass is 32.2. The molecule has 0 N–H and O–H groups in total. The van der Waals surface area contributed by atoms with Crippen LogP contribution in [0.25, 0.3) is 4.91 Å². The lowest BCUT2D eigenvalue weighted by atomic mass is 9.78. The minimum atomic E-state index is 0.0795. The number of nitrogens with zero attached hydrogens (tertiary/aromatic N) is 1. The summed E-state index contributed by atoms with van der Waals surface area (Å²) >= 11 is 1.84. The summed E-state index contributed by atoms with van der Waals surface area (Å²) < 4.78 is 0. The number of carbonyl (C=O) groups excluding carboxylic acids is 1. The topological polar surface area (TPSA) is 20.3 Å². The van der Waals surface area contributed by atoms with E-state index in [1.54, 1.807) is 0 Å². The Morgan fingerprint density at radius 2 is 1.83 bits per heavy atom. The predicted molar refractivity (Wildman–Crippen MR) is 97.1 cm³/mol. The molecule has 1 aliphatic carbocycles. The van der Waals surface area contributed by atoms with Crippen LogP contribution in [0.4, 0.5) is 0 Å². The number of hydrogen-bond acceptors (Lipinski definition) is 2. The standard InChI is InChI=1S/C20H25NOS/c22-20(21-12-6-10-15-7-4-5-11-18(15)21)17-13-19(23-14-17)16-8-2-1-3-9-16/h1-3,8-9,13,15,17-18H,4-7,10-12,14H2. The smallest absolute Gasteiger partial charge is 0.230 e. The number of rotatable bonds is 2. The first-order valence-electron chi connectivity index (χ1n) is 9.03. The SMILES string of the molecule is O=C(C1C=C(c2ccccc2)SC1)N1CCCC2CCCCC21. The van der Waals surface area contributed by atoms with Crippen molar-refractivity contribution in [2.24, 2.45) is 11.8 Å². The maximum Gasteiger partial charge on any atom is 0.230 e. The van der Waals surface area contributed by atoms with Gasteiger partial charge in [0.25, 0.3) is 0 Å². The van der Waals surface area contributed by atoms with Gasteiger partial charge in [0.15, 0.2) is 0 Å². The summed E-state index contributed by atoms with van der Waals surface area (Å²) in [6, 6.07) is 11.0. The highest BCUT2D eigenvalue weighted by molar-refractivity contribution is 8.08. The van der Waals surface area contributed by atoms with E-state index in [-0.39, 0.29) is 5.92 Å². The van der Waals surface area contributed by atoms with E-state index in [9.17, 15) is 4.79 Å². The number of hydrogen-bond donors (Lipinski definition) is 0. The van der Waals surface area contributed by atoms with Gasteiger partial charge < -0.3 is 4.90 Å². The van der Waals surface area contributed by atoms with E-state index in [0.717, 1.165) is 18.2 Å². The van der Waals surface area contributed by atoms with E-state index in [4.69, 9.17) is 0 Å². The van der Waals surface area contributed by atoms with Crippen molar-refractivity contribution in [3.05, 3.63) is 42.0 Å². The maximum atomic E-state index is 13.1. The first-order chi connectivity index (χ1) is 11.3. The van der Waals surface area contributed by atoms with Crippen LogP contribution in [0.3, 0.4) is 0 Å². The van der Waals surface area contributed by atoms with Crippen LogP contribution in [-0.2, 0) is 4.79 Å². The summed E-state index contributed by atoms with van der Waals surface area (Å²) in [5, 5.41) is 0. The van der Waals surface area contributed by atoms with Crippen molar-refractivity contribution in [1.82, 2.24) is 4.90 Å². The molecule has 1 aromatic rings. The molecule has 3 heteroatoms. The van der Waals surface area contributed by atoms with E-state index >= 15 is 0 Å². The lowest BCUT2D eigenvalue weighted by molar-refractivity contribution is -0.139. The van der Waals surface area contributed by atoms with Gasteiger partial charge >= 0.3 is 0 Å². The van der Waals surface area contributed by atoms with E-state index in [0.29, 0.717) is 11.9 Å². The van der Waals surface area contributed by atoms with Crippen LogP contribution in [0.2, 0.25) is 0 Å². The average Bonchev–Trinajstić information content (AvgIpc) is 3.11. The van der Waals surface area contributed by atoms with Gasteiger partial charge in [-0.05, 0) is 37.2 Å². The Balaban J connectivity index is 1.49. The quantitative estimate of drug-likeness (QED) is 0.793. The predicted octanol–water partition coefficient (Wildman–Crippen LogP) is 4.57. The van der Waals surface area contributed by atoms with Crippen molar-refractivity contribution in [3.63, 3.8) is 0 Å². The molecule has 1 saturated carbocycles. The molecule has 2 fully saturated rings. The fourth-order valence-electron chi connectivity index (χ4n) is 4.49. The Bertz CT molecular complexity index is 595. The van der Waals surface area contributed by atoms with Crippen molar-refractivity contribution in [3.8, 4) is 0 Å². The lowest BCUT2D eigenvalue weighted by Gasteiger charge is -2.44. The number of thioether (sulfide) groups is 1. The molecule has 1 amide bonds. The lowest BCUT2D eigenvalue weighted by Crippen LogP contribution is -2.51. The fraction of sp³-hybridized carbons (Fsp3) is 0.550. The van der Waals surface area contributed by atoms with Gasteiger partial charge in [-0.3, -0.25) is 4.79 Å². The zero-order valence-corrected chi connectivity index (χ0v) is 14.4. The van der Waals surface area contributed by atoms with Gasteiger partial charge in [0, 0.05) is 23.2 Å². The average molecular weight is 327 g/mol. The Labute approximate surface area is 143 Å². The minimum absolute atomic E-state index is 0.0795. The van der Waals surface area contributed by atoms with E-state index in [2.05, 4.69) is 35.2 Å². The molecule has 0 bridgehead atoms. The first-order valence-corrected chi connectivity index (χ1v) is 10.0. The number of piperidine rings is 1. The molecular weight excluding hydrogens is 302 g/mol. The third-order valence-electron chi connectivity index (χ3n) is 5.67. The second-order valence-corrected chi connectivity index (χ2v) is 8.16. The monoisotopic (exact) mass is 327 g/mol. The van der Waals surface area contributed by atoms with E-state index in [1.165, 1.54) is 49.0 Å². The largest absolute Gasteiger partial charge is 0.339 e. The molecule has 23 heavy (non-hydrogen) atoms. The Hall–Kier alpha value is -1.22. The molecule has 2 nitrogen and oxygen atoms in total. The Morgan fingerprint density at radius 3 is 2.70 bits per heavy atom. The van der Waals surface area contributed by atoms with Gasteiger partial charge in [0.05, 0.1) is 5.92 Å². The van der Waals surface area contributed by atoms with Crippen molar-refractivity contribution < 1.29 is 4.79 Å². The normalized spacial score (nSPS) is 30.7. The Kier molecular flexibility index (Phi) is 4.48. The van der Waals surface area contributed by atoms with Crippen LogP contribution in [-0.4, -0.2) is 29.1 Å². The number of benzene rings is 1. The van der Waals surface area contributed by atoms with Crippen LogP contribution in [0, 0.1) is 11.8 Å². The van der Waals surface area contributed by atoms with Crippen molar-refractivity contribution in [2.75, 3.05) is 12.3 Å². The van der Waals surface area contributed by atoms with Gasteiger partial charge in [-0.15, -0.1) is 11.8 Å². The first kappa shape index (κ1) is 15.3. The van der Waals surface area contributed by atoms with Gasteiger partial charge in [0.2, 0.25) is 5.91 Å². The summed E-state index contributed by atoms with van der Waals surface area (Å²) in [5.41, 5.74) is 1.25. The van der Waals surface area contributed by atoms with Gasteiger partial charge in [-0.1, -0.05) is 49.2 Å². The van der Waals surface area contributed by atoms with Crippen LogP contribution in [0.5, 0.6) is 0 Å². The van der Waals surface area contributed by atoms with E-state index in [1.807, 2.05) is 17.8 Å². The van der Waals surface area contributed by atoms with Crippen LogP contribution >= 0.6 is 11.8 Å². The zero-order valence-electron chi connectivity index (χ0n) is 13.6.